The molecule has 1 heterocycles. The summed E-state index contributed by atoms with van der Waals surface area (Å²) >= 11 is 0. The maximum atomic E-state index is 12.2. The minimum absolute atomic E-state index is 0.102. The van der Waals surface area contributed by atoms with E-state index in [-0.39, 0.29) is 17.4 Å². The van der Waals surface area contributed by atoms with Crippen LogP contribution < -0.4 is 14.2 Å². The summed E-state index contributed by atoms with van der Waals surface area (Å²) in [5.74, 6) is -0.312. The number of carbonyl (C=O) groups is 1. The molecule has 162 valence electrons. The number of carbonyl (C=O) groups excluding carboxylic acids is 1. The number of rotatable bonds is 11. The smallest absolute Gasteiger partial charge is 0.494 e. The van der Waals surface area contributed by atoms with Crippen molar-refractivity contribution in [1.82, 2.24) is 0 Å². The molecule has 3 rings (SSSR count). The number of halogens is 3. The molecule has 0 radical (unpaired) electrons. The minimum atomic E-state index is -4.78. The predicted molar refractivity (Wildman–Crippen MR) is 99.8 cm³/mol. The molecule has 0 aromatic heterocycles. The van der Waals surface area contributed by atoms with Gasteiger partial charge in [-0.15, -0.1) is 13.2 Å². The largest absolute Gasteiger partial charge is 0.573 e. The third kappa shape index (κ3) is 7.92. The molecule has 0 amide bonds. The highest BCUT2D eigenvalue weighted by molar-refractivity contribution is 5.91. The Kier molecular flexibility index (Phi) is 7.53. The summed E-state index contributed by atoms with van der Waals surface area (Å²) in [5, 5.41) is 0. The molecular formula is C21H21F3O6. The summed E-state index contributed by atoms with van der Waals surface area (Å²) in [5.41, 5.74) is 0.286. The van der Waals surface area contributed by atoms with Gasteiger partial charge in [-0.2, -0.15) is 0 Å². The van der Waals surface area contributed by atoms with Gasteiger partial charge in [0.1, 0.15) is 23.4 Å². The van der Waals surface area contributed by atoms with Gasteiger partial charge in [0.25, 0.3) is 0 Å². The summed E-state index contributed by atoms with van der Waals surface area (Å²) < 4.78 is 61.5. The van der Waals surface area contributed by atoms with Gasteiger partial charge in [-0.25, -0.2) is 4.79 Å². The van der Waals surface area contributed by atoms with Gasteiger partial charge >= 0.3 is 12.3 Å². The minimum Gasteiger partial charge on any atom is -0.494 e. The monoisotopic (exact) mass is 426 g/mol. The Morgan fingerprint density at radius 1 is 0.933 bits per heavy atom. The van der Waals surface area contributed by atoms with Crippen molar-refractivity contribution in [2.75, 3.05) is 26.4 Å². The lowest BCUT2D eigenvalue weighted by molar-refractivity contribution is -0.274. The molecule has 0 saturated carbocycles. The lowest BCUT2D eigenvalue weighted by Crippen LogP contribution is -2.17. The van der Waals surface area contributed by atoms with Crippen molar-refractivity contribution in [1.29, 1.82) is 0 Å². The number of ether oxygens (including phenoxy) is 5. The van der Waals surface area contributed by atoms with E-state index in [9.17, 15) is 18.0 Å². The van der Waals surface area contributed by atoms with Crippen molar-refractivity contribution in [3.8, 4) is 17.2 Å². The molecule has 1 saturated heterocycles. The van der Waals surface area contributed by atoms with Gasteiger partial charge in [-0.05, 0) is 61.4 Å². The number of alkyl halides is 3. The molecule has 1 unspecified atom stereocenters. The molecule has 1 atom stereocenters. The maximum absolute atomic E-state index is 12.2. The van der Waals surface area contributed by atoms with E-state index in [1.807, 2.05) is 0 Å². The molecule has 6 nitrogen and oxygen atoms in total. The first-order chi connectivity index (χ1) is 14.4. The van der Waals surface area contributed by atoms with E-state index in [2.05, 4.69) is 4.74 Å². The fourth-order valence-corrected chi connectivity index (χ4v) is 2.44. The Bertz CT molecular complexity index is 801. The number of benzene rings is 2. The average molecular weight is 426 g/mol. The Hall–Kier alpha value is -2.78. The van der Waals surface area contributed by atoms with E-state index in [0.717, 1.165) is 31.6 Å². The first-order valence-electron chi connectivity index (χ1n) is 9.39. The van der Waals surface area contributed by atoms with E-state index in [0.29, 0.717) is 25.6 Å². The highest BCUT2D eigenvalue weighted by Gasteiger charge is 2.31. The molecule has 1 aliphatic heterocycles. The van der Waals surface area contributed by atoms with E-state index in [1.54, 1.807) is 24.3 Å². The third-order valence-electron chi connectivity index (χ3n) is 4.02. The SMILES string of the molecule is O=C(Oc1ccc(OC(F)(F)F)cc1)c1ccc(OCCCCOCC2CO2)cc1. The molecular weight excluding hydrogens is 405 g/mol. The quantitative estimate of drug-likeness (QED) is 0.230. The Morgan fingerprint density at radius 2 is 1.53 bits per heavy atom. The van der Waals surface area contributed by atoms with Crippen LogP contribution in [0.4, 0.5) is 13.2 Å². The van der Waals surface area contributed by atoms with E-state index in [1.165, 1.54) is 12.1 Å². The Labute approximate surface area is 171 Å². The molecule has 0 bridgehead atoms. The van der Waals surface area contributed by atoms with E-state index in [4.69, 9.17) is 18.9 Å². The molecule has 30 heavy (non-hydrogen) atoms. The second-order valence-corrected chi connectivity index (χ2v) is 6.52. The lowest BCUT2D eigenvalue weighted by atomic mass is 10.2. The van der Waals surface area contributed by atoms with Crippen LogP contribution in [0.3, 0.4) is 0 Å². The van der Waals surface area contributed by atoms with E-state index < -0.39 is 18.1 Å². The van der Waals surface area contributed by atoms with E-state index >= 15 is 0 Å². The molecule has 2 aromatic carbocycles. The number of hydrogen-bond donors (Lipinski definition) is 0. The maximum Gasteiger partial charge on any atom is 0.573 e. The van der Waals surface area contributed by atoms with Gasteiger partial charge in [0.2, 0.25) is 0 Å². The van der Waals surface area contributed by atoms with Crippen LogP contribution in [0.25, 0.3) is 0 Å². The van der Waals surface area contributed by atoms with Crippen LogP contribution in [0.1, 0.15) is 23.2 Å². The van der Waals surface area contributed by atoms with Gasteiger partial charge < -0.3 is 23.7 Å². The van der Waals surface area contributed by atoms with Crippen molar-refractivity contribution >= 4 is 5.97 Å². The van der Waals surface area contributed by atoms with Crippen LogP contribution in [0, 0.1) is 0 Å². The molecule has 2 aromatic rings. The first-order valence-corrected chi connectivity index (χ1v) is 9.39. The highest BCUT2D eigenvalue weighted by atomic mass is 19.4. The summed E-state index contributed by atoms with van der Waals surface area (Å²) in [7, 11) is 0. The van der Waals surface area contributed by atoms with Crippen LogP contribution in [0.5, 0.6) is 17.2 Å². The second kappa shape index (κ2) is 10.3. The fourth-order valence-electron chi connectivity index (χ4n) is 2.44. The summed E-state index contributed by atoms with van der Waals surface area (Å²) in [6.45, 7) is 2.62. The fraction of sp³-hybridized carbons (Fsp3) is 0.381. The summed E-state index contributed by atoms with van der Waals surface area (Å²) in [4.78, 5) is 12.2. The molecule has 0 N–H and O–H groups in total. The van der Waals surface area contributed by atoms with Crippen LogP contribution in [-0.2, 0) is 9.47 Å². The van der Waals surface area contributed by atoms with Gasteiger partial charge in [-0.1, -0.05) is 0 Å². The average Bonchev–Trinajstić information content (AvgIpc) is 3.52. The zero-order valence-electron chi connectivity index (χ0n) is 16.0. The van der Waals surface area contributed by atoms with Gasteiger partial charge in [0.05, 0.1) is 25.4 Å². The number of epoxide rings is 1. The standard InChI is InChI=1S/C21H21F3O6/c22-21(23,24)30-18-9-7-17(8-10-18)29-20(25)15-3-5-16(6-4-15)27-12-2-1-11-26-13-19-14-28-19/h3-10,19H,1-2,11-14H2. The Balaban J connectivity index is 1.37. The van der Waals surface area contributed by atoms with Crippen molar-refractivity contribution < 1.29 is 41.7 Å². The topological polar surface area (TPSA) is 66.5 Å². The van der Waals surface area contributed by atoms with Crippen molar-refractivity contribution in [3.05, 3.63) is 54.1 Å². The molecule has 9 heteroatoms. The van der Waals surface area contributed by atoms with Crippen molar-refractivity contribution in [2.45, 2.75) is 25.3 Å². The lowest BCUT2D eigenvalue weighted by Gasteiger charge is -2.10. The van der Waals surface area contributed by atoms with Crippen LogP contribution in [0.15, 0.2) is 48.5 Å². The second-order valence-electron chi connectivity index (χ2n) is 6.52. The van der Waals surface area contributed by atoms with Crippen LogP contribution in [0.2, 0.25) is 0 Å². The normalized spacial score (nSPS) is 15.5. The van der Waals surface area contributed by atoms with Crippen molar-refractivity contribution in [3.63, 3.8) is 0 Å². The Morgan fingerprint density at radius 3 is 2.17 bits per heavy atom. The van der Waals surface area contributed by atoms with Gasteiger partial charge in [-0.3, -0.25) is 0 Å². The molecule has 1 fully saturated rings. The molecule has 0 spiro atoms. The first kappa shape index (κ1) is 21.9. The predicted octanol–water partition coefficient (Wildman–Crippen LogP) is 4.38. The molecule has 0 aliphatic carbocycles. The van der Waals surface area contributed by atoms with Crippen molar-refractivity contribution in [2.24, 2.45) is 0 Å². The van der Waals surface area contributed by atoms with Gasteiger partial charge in [0, 0.05) is 6.61 Å². The summed E-state index contributed by atoms with van der Waals surface area (Å²) in [6, 6.07) is 11.0. The number of unbranched alkanes of at least 4 members (excludes halogenated alkanes) is 1. The number of esters is 1. The molecule has 1 aliphatic rings. The van der Waals surface area contributed by atoms with Gasteiger partial charge in [0.15, 0.2) is 0 Å². The van der Waals surface area contributed by atoms with Crippen LogP contribution in [-0.4, -0.2) is 44.9 Å². The highest BCUT2D eigenvalue weighted by Crippen LogP contribution is 2.25. The van der Waals surface area contributed by atoms with Crippen LogP contribution >= 0.6 is 0 Å². The third-order valence-corrected chi connectivity index (χ3v) is 4.02. The zero-order chi connectivity index (χ0) is 21.4. The number of hydrogen-bond acceptors (Lipinski definition) is 6. The zero-order valence-corrected chi connectivity index (χ0v) is 16.0. The summed E-state index contributed by atoms with van der Waals surface area (Å²) in [6.07, 6.45) is -2.79.